The van der Waals surface area contributed by atoms with Crippen LogP contribution < -0.4 is 0 Å². The highest BCUT2D eigenvalue weighted by Gasteiger charge is 2.27. The number of carbonyl (C=O) groups excluding carboxylic acids is 1. The Bertz CT molecular complexity index is 218. The molecule has 2 nitrogen and oxygen atoms in total. The molecule has 13 heavy (non-hydrogen) atoms. The first-order valence-corrected chi connectivity index (χ1v) is 4.89. The van der Waals surface area contributed by atoms with Gasteiger partial charge in [0.05, 0.1) is 12.5 Å². The Labute approximate surface area is 80.0 Å². The Morgan fingerprint density at radius 2 is 2.31 bits per heavy atom. The second-order valence-electron chi connectivity index (χ2n) is 4.31. The topological polar surface area (TPSA) is 26.3 Å². The molecule has 2 heteroatoms. The molecule has 1 unspecified atom stereocenters. The van der Waals surface area contributed by atoms with Crippen molar-refractivity contribution in [2.24, 2.45) is 5.41 Å². The van der Waals surface area contributed by atoms with E-state index in [1.807, 2.05) is 13.8 Å². The van der Waals surface area contributed by atoms with Gasteiger partial charge in [-0.1, -0.05) is 19.1 Å². The Balaban J connectivity index is 2.39. The van der Waals surface area contributed by atoms with Crippen LogP contribution in [0.1, 0.15) is 40.0 Å². The summed E-state index contributed by atoms with van der Waals surface area (Å²) < 4.78 is 5.10. The molecule has 74 valence electrons. The van der Waals surface area contributed by atoms with Crippen LogP contribution in [0.2, 0.25) is 0 Å². The lowest BCUT2D eigenvalue weighted by Gasteiger charge is -2.20. The Hall–Kier alpha value is -0.790. The molecule has 0 aromatic carbocycles. The summed E-state index contributed by atoms with van der Waals surface area (Å²) in [5.41, 5.74) is 0.0476. The summed E-state index contributed by atoms with van der Waals surface area (Å²) in [4.78, 5) is 11.4. The van der Waals surface area contributed by atoms with Crippen molar-refractivity contribution in [1.82, 2.24) is 0 Å². The number of hydrogen-bond donors (Lipinski definition) is 0. The van der Waals surface area contributed by atoms with Gasteiger partial charge < -0.3 is 4.74 Å². The lowest BCUT2D eigenvalue weighted by molar-refractivity contribution is -0.149. The van der Waals surface area contributed by atoms with E-state index in [9.17, 15) is 4.79 Å². The second-order valence-corrected chi connectivity index (χ2v) is 4.31. The summed E-state index contributed by atoms with van der Waals surface area (Å²) in [6.07, 6.45) is 6.95. The molecular formula is C11H18O2. The zero-order valence-corrected chi connectivity index (χ0v) is 8.67. The number of carbonyl (C=O) groups is 1. The molecule has 0 aliphatic heterocycles. The molecule has 0 aromatic heterocycles. The predicted octanol–water partition coefficient (Wildman–Crippen LogP) is 2.68. The molecule has 0 bridgehead atoms. The largest absolute Gasteiger partial charge is 0.463 e. The summed E-state index contributed by atoms with van der Waals surface area (Å²) in [6, 6.07) is 0. The highest BCUT2D eigenvalue weighted by atomic mass is 16.5. The maximum Gasteiger partial charge on any atom is 0.306 e. The molecule has 0 saturated heterocycles. The van der Waals surface area contributed by atoms with Crippen molar-refractivity contribution < 1.29 is 9.53 Å². The molecule has 0 N–H and O–H groups in total. The predicted molar refractivity (Wildman–Crippen MR) is 52.3 cm³/mol. The van der Waals surface area contributed by atoms with Crippen molar-refractivity contribution >= 4 is 5.97 Å². The maximum atomic E-state index is 11.4. The zero-order chi connectivity index (χ0) is 9.90. The van der Waals surface area contributed by atoms with Crippen LogP contribution in [0.15, 0.2) is 12.2 Å². The van der Waals surface area contributed by atoms with Crippen molar-refractivity contribution in [3.63, 3.8) is 0 Å². The van der Waals surface area contributed by atoms with Crippen LogP contribution in [-0.4, -0.2) is 12.1 Å². The number of allylic oxidation sites excluding steroid dienone is 2. The summed E-state index contributed by atoms with van der Waals surface area (Å²) in [5, 5.41) is 0. The lowest BCUT2D eigenvalue weighted by atomic mass is 9.86. The van der Waals surface area contributed by atoms with Crippen LogP contribution in [0, 0.1) is 5.41 Å². The van der Waals surface area contributed by atoms with Crippen LogP contribution in [0.25, 0.3) is 0 Å². The van der Waals surface area contributed by atoms with Gasteiger partial charge in [0.2, 0.25) is 0 Å². The standard InChI is InChI=1S/C11H18O2/c1-9(2)13-10(12)8-11(3)6-4-5-7-11/h4,6,9H,5,7-8H2,1-3H3. The van der Waals surface area contributed by atoms with E-state index in [1.165, 1.54) is 0 Å². The minimum absolute atomic E-state index is 0.00137. The van der Waals surface area contributed by atoms with Crippen molar-refractivity contribution in [2.75, 3.05) is 0 Å². The number of ether oxygens (including phenoxy) is 1. The highest BCUT2D eigenvalue weighted by Crippen LogP contribution is 2.34. The van der Waals surface area contributed by atoms with Gasteiger partial charge in [0, 0.05) is 0 Å². The maximum absolute atomic E-state index is 11.4. The molecule has 0 saturated carbocycles. The fourth-order valence-corrected chi connectivity index (χ4v) is 1.65. The van der Waals surface area contributed by atoms with Gasteiger partial charge in [-0.15, -0.1) is 0 Å². The van der Waals surface area contributed by atoms with E-state index in [0.717, 1.165) is 12.8 Å². The molecule has 0 fully saturated rings. The minimum Gasteiger partial charge on any atom is -0.463 e. The van der Waals surface area contributed by atoms with E-state index in [0.29, 0.717) is 6.42 Å². The van der Waals surface area contributed by atoms with Crippen LogP contribution in [0.4, 0.5) is 0 Å². The van der Waals surface area contributed by atoms with Crippen molar-refractivity contribution in [1.29, 1.82) is 0 Å². The quantitative estimate of drug-likeness (QED) is 0.495. The number of esters is 1. The van der Waals surface area contributed by atoms with E-state index in [-0.39, 0.29) is 17.5 Å². The summed E-state index contributed by atoms with van der Waals surface area (Å²) >= 11 is 0. The fourth-order valence-electron chi connectivity index (χ4n) is 1.65. The van der Waals surface area contributed by atoms with E-state index in [2.05, 4.69) is 19.1 Å². The molecule has 0 amide bonds. The monoisotopic (exact) mass is 182 g/mol. The number of hydrogen-bond acceptors (Lipinski definition) is 2. The van der Waals surface area contributed by atoms with Crippen LogP contribution in [0.5, 0.6) is 0 Å². The first kappa shape index (κ1) is 10.3. The van der Waals surface area contributed by atoms with E-state index < -0.39 is 0 Å². The Morgan fingerprint density at radius 1 is 1.62 bits per heavy atom. The zero-order valence-electron chi connectivity index (χ0n) is 8.67. The smallest absolute Gasteiger partial charge is 0.306 e. The van der Waals surface area contributed by atoms with Gasteiger partial charge in [0.1, 0.15) is 0 Å². The van der Waals surface area contributed by atoms with Gasteiger partial charge in [0.25, 0.3) is 0 Å². The third kappa shape index (κ3) is 3.21. The molecule has 1 atom stereocenters. The van der Waals surface area contributed by atoms with Crippen molar-refractivity contribution in [3.8, 4) is 0 Å². The second kappa shape index (κ2) is 3.95. The SMILES string of the molecule is CC(C)OC(=O)CC1(C)C=CCC1. The summed E-state index contributed by atoms with van der Waals surface area (Å²) in [7, 11) is 0. The molecule has 1 aliphatic carbocycles. The molecule has 0 aromatic rings. The van der Waals surface area contributed by atoms with Gasteiger partial charge in [-0.3, -0.25) is 4.79 Å². The molecule has 1 rings (SSSR count). The van der Waals surface area contributed by atoms with E-state index in [1.54, 1.807) is 0 Å². The van der Waals surface area contributed by atoms with Gasteiger partial charge in [0.15, 0.2) is 0 Å². The third-order valence-corrected chi connectivity index (χ3v) is 2.32. The average molecular weight is 182 g/mol. The van der Waals surface area contributed by atoms with E-state index in [4.69, 9.17) is 4.74 Å². The van der Waals surface area contributed by atoms with Gasteiger partial charge in [-0.05, 0) is 32.1 Å². The number of rotatable bonds is 3. The molecule has 0 heterocycles. The summed E-state index contributed by atoms with van der Waals surface area (Å²) in [6.45, 7) is 5.87. The van der Waals surface area contributed by atoms with Crippen LogP contribution in [0.3, 0.4) is 0 Å². The van der Waals surface area contributed by atoms with Crippen LogP contribution in [-0.2, 0) is 9.53 Å². The molecule has 0 radical (unpaired) electrons. The normalized spacial score (nSPS) is 26.8. The first-order valence-electron chi connectivity index (χ1n) is 4.89. The molecular weight excluding hydrogens is 164 g/mol. The van der Waals surface area contributed by atoms with Crippen molar-refractivity contribution in [2.45, 2.75) is 46.1 Å². The third-order valence-electron chi connectivity index (χ3n) is 2.32. The van der Waals surface area contributed by atoms with Gasteiger partial charge in [-0.2, -0.15) is 0 Å². The van der Waals surface area contributed by atoms with Crippen molar-refractivity contribution in [3.05, 3.63) is 12.2 Å². The van der Waals surface area contributed by atoms with E-state index >= 15 is 0 Å². The molecule has 0 spiro atoms. The first-order chi connectivity index (χ1) is 6.02. The molecule has 1 aliphatic rings. The fraction of sp³-hybridized carbons (Fsp3) is 0.727. The van der Waals surface area contributed by atoms with Crippen LogP contribution >= 0.6 is 0 Å². The Morgan fingerprint density at radius 3 is 2.77 bits per heavy atom. The van der Waals surface area contributed by atoms with Gasteiger partial charge in [-0.25, -0.2) is 0 Å². The average Bonchev–Trinajstić information content (AvgIpc) is 2.33. The minimum atomic E-state index is -0.0796. The highest BCUT2D eigenvalue weighted by molar-refractivity contribution is 5.70. The lowest BCUT2D eigenvalue weighted by Crippen LogP contribution is -2.20. The summed E-state index contributed by atoms with van der Waals surface area (Å²) in [5.74, 6) is -0.0796. The van der Waals surface area contributed by atoms with Gasteiger partial charge >= 0.3 is 5.97 Å². The Kier molecular flexibility index (Phi) is 3.12.